The summed E-state index contributed by atoms with van der Waals surface area (Å²) < 4.78 is 5.10. The molecule has 0 radical (unpaired) electrons. The molecule has 226 valence electrons. The van der Waals surface area contributed by atoms with E-state index in [1.807, 2.05) is 0 Å². The Balaban J connectivity index is 4.40. The molecule has 38 heavy (non-hydrogen) atoms. The second-order valence-electron chi connectivity index (χ2n) is 11.1. The van der Waals surface area contributed by atoms with Crippen LogP contribution in [-0.2, 0) is 14.3 Å². The first-order chi connectivity index (χ1) is 18.4. The molecule has 0 heterocycles. The van der Waals surface area contributed by atoms with Crippen LogP contribution < -0.4 is 0 Å². The summed E-state index contributed by atoms with van der Waals surface area (Å²) in [7, 11) is 0. The first-order valence-electron chi connectivity index (χ1n) is 15.7. The predicted octanol–water partition coefficient (Wildman–Crippen LogP) is 6.02. The molecule has 4 atom stereocenters. The quantitative estimate of drug-likeness (QED) is 0.0701. The van der Waals surface area contributed by atoms with Crippen LogP contribution in [0.4, 0.5) is 0 Å². The van der Waals surface area contributed by atoms with Gasteiger partial charge in [-0.05, 0) is 18.8 Å². The molecular weight excluding hydrogens is 484 g/mol. The summed E-state index contributed by atoms with van der Waals surface area (Å²) in [6, 6.07) is 0. The molecule has 0 rings (SSSR count). The minimum absolute atomic E-state index is 0.221. The first-order valence-corrected chi connectivity index (χ1v) is 15.7. The molecule has 7 nitrogen and oxygen atoms in total. The maximum Gasteiger partial charge on any atom is 0.306 e. The van der Waals surface area contributed by atoms with Gasteiger partial charge in [-0.2, -0.15) is 0 Å². The van der Waals surface area contributed by atoms with E-state index in [0.29, 0.717) is 0 Å². The third kappa shape index (κ3) is 20.9. The van der Waals surface area contributed by atoms with Crippen molar-refractivity contribution in [2.24, 2.45) is 5.92 Å². The molecule has 0 aliphatic carbocycles. The van der Waals surface area contributed by atoms with Crippen molar-refractivity contribution in [3.8, 4) is 0 Å². The number of carbonyl (C=O) groups is 2. The van der Waals surface area contributed by atoms with Crippen molar-refractivity contribution in [1.82, 2.24) is 0 Å². The van der Waals surface area contributed by atoms with E-state index in [1.54, 1.807) is 0 Å². The summed E-state index contributed by atoms with van der Waals surface area (Å²) >= 11 is 0. The summed E-state index contributed by atoms with van der Waals surface area (Å²) in [6.07, 6.45) is 19.5. The molecule has 4 N–H and O–H groups in total. The third-order valence-electron chi connectivity index (χ3n) is 7.50. The molecule has 0 bridgehead atoms. The van der Waals surface area contributed by atoms with E-state index in [4.69, 9.17) is 9.84 Å². The lowest BCUT2D eigenvalue weighted by Crippen LogP contribution is -2.45. The molecule has 1 unspecified atom stereocenters. The number of unbranched alkanes of at least 4 members (excludes halogenated alkanes) is 16. The molecule has 0 aliphatic heterocycles. The summed E-state index contributed by atoms with van der Waals surface area (Å²) in [5.74, 6) is -1.15. The molecular formula is C31H60O7. The van der Waals surface area contributed by atoms with E-state index in [9.17, 15) is 24.9 Å². The van der Waals surface area contributed by atoms with Crippen LogP contribution in [0.15, 0.2) is 0 Å². The van der Waals surface area contributed by atoms with Gasteiger partial charge in [0.05, 0.1) is 6.61 Å². The van der Waals surface area contributed by atoms with Gasteiger partial charge in [0, 0.05) is 6.42 Å². The van der Waals surface area contributed by atoms with Gasteiger partial charge in [-0.15, -0.1) is 0 Å². The standard InChI is InChI=1S/C31H60O7/c1-3-5-7-9-11-13-14-16-18-20-22-26(21-19-17-15-12-10-8-6-4-2)23-29(35)38-25-28(34)31(37)30(36)27(33)24-32/h26-27,30-33,36-37H,3-25H2,1-2H3/t26?,27-,30-,31-/m1/s1. The highest BCUT2D eigenvalue weighted by atomic mass is 16.5. The predicted molar refractivity (Wildman–Crippen MR) is 153 cm³/mol. The Morgan fingerprint density at radius 1 is 0.632 bits per heavy atom. The molecule has 0 saturated heterocycles. The topological polar surface area (TPSA) is 124 Å². The Morgan fingerprint density at radius 3 is 1.42 bits per heavy atom. The van der Waals surface area contributed by atoms with Crippen LogP contribution in [0.25, 0.3) is 0 Å². The van der Waals surface area contributed by atoms with Crippen LogP contribution in [0, 0.1) is 5.92 Å². The van der Waals surface area contributed by atoms with Crippen LogP contribution in [-0.4, -0.2) is 63.7 Å². The largest absolute Gasteiger partial charge is 0.458 e. The maximum atomic E-state index is 12.5. The summed E-state index contributed by atoms with van der Waals surface area (Å²) in [4.78, 5) is 24.5. The van der Waals surface area contributed by atoms with Crippen molar-refractivity contribution in [3.05, 3.63) is 0 Å². The van der Waals surface area contributed by atoms with Gasteiger partial charge in [0.25, 0.3) is 0 Å². The van der Waals surface area contributed by atoms with Crippen LogP contribution in [0.1, 0.15) is 149 Å². The number of carbonyl (C=O) groups excluding carboxylic acids is 2. The second-order valence-corrected chi connectivity index (χ2v) is 11.1. The van der Waals surface area contributed by atoms with Gasteiger partial charge < -0.3 is 25.2 Å². The van der Waals surface area contributed by atoms with E-state index >= 15 is 0 Å². The van der Waals surface area contributed by atoms with Crippen molar-refractivity contribution in [3.63, 3.8) is 0 Å². The smallest absolute Gasteiger partial charge is 0.306 e. The molecule has 0 amide bonds. The van der Waals surface area contributed by atoms with E-state index in [2.05, 4.69) is 13.8 Å². The fourth-order valence-electron chi connectivity index (χ4n) is 4.88. The lowest BCUT2D eigenvalue weighted by Gasteiger charge is -2.20. The zero-order chi connectivity index (χ0) is 28.4. The van der Waals surface area contributed by atoms with Crippen molar-refractivity contribution >= 4 is 11.8 Å². The summed E-state index contributed by atoms with van der Waals surface area (Å²) in [5, 5.41) is 37.7. The Bertz CT molecular complexity index is 554. The lowest BCUT2D eigenvalue weighted by molar-refractivity contribution is -0.155. The average molecular weight is 545 g/mol. The highest BCUT2D eigenvalue weighted by Gasteiger charge is 2.30. The zero-order valence-electron chi connectivity index (χ0n) is 24.6. The number of hydrogen-bond donors (Lipinski definition) is 4. The average Bonchev–Trinajstić information content (AvgIpc) is 2.92. The number of rotatable bonds is 28. The number of hydrogen-bond acceptors (Lipinski definition) is 7. The van der Waals surface area contributed by atoms with E-state index in [-0.39, 0.29) is 12.3 Å². The Kier molecular flexibility index (Phi) is 25.5. The van der Waals surface area contributed by atoms with Crippen LogP contribution in [0.3, 0.4) is 0 Å². The zero-order valence-corrected chi connectivity index (χ0v) is 24.6. The van der Waals surface area contributed by atoms with Gasteiger partial charge in [-0.1, -0.05) is 129 Å². The second kappa shape index (κ2) is 26.2. The van der Waals surface area contributed by atoms with Crippen molar-refractivity contribution in [2.75, 3.05) is 13.2 Å². The Labute approximate surface area is 232 Å². The number of ether oxygens (including phenoxy) is 1. The number of aliphatic hydroxyl groups excluding tert-OH is 4. The Hall–Kier alpha value is -1.02. The van der Waals surface area contributed by atoms with Crippen LogP contribution in [0.5, 0.6) is 0 Å². The van der Waals surface area contributed by atoms with E-state index in [0.717, 1.165) is 25.7 Å². The van der Waals surface area contributed by atoms with Crippen molar-refractivity contribution in [2.45, 2.75) is 167 Å². The van der Waals surface area contributed by atoms with Crippen LogP contribution >= 0.6 is 0 Å². The van der Waals surface area contributed by atoms with Gasteiger partial charge in [-0.3, -0.25) is 9.59 Å². The molecule has 0 aromatic rings. The minimum Gasteiger partial charge on any atom is -0.458 e. The molecule has 0 fully saturated rings. The van der Waals surface area contributed by atoms with Gasteiger partial charge in [0.1, 0.15) is 18.3 Å². The first kappa shape index (κ1) is 37.0. The van der Waals surface area contributed by atoms with Crippen molar-refractivity contribution < 1.29 is 34.8 Å². The highest BCUT2D eigenvalue weighted by Crippen LogP contribution is 2.23. The third-order valence-corrected chi connectivity index (χ3v) is 7.50. The number of aliphatic hydroxyl groups is 4. The summed E-state index contributed by atoms with van der Waals surface area (Å²) in [6.45, 7) is 3.02. The van der Waals surface area contributed by atoms with E-state index < -0.39 is 43.3 Å². The van der Waals surface area contributed by atoms with Gasteiger partial charge in [0.2, 0.25) is 5.78 Å². The molecule has 0 spiro atoms. The molecule has 0 saturated carbocycles. The molecule has 0 aromatic heterocycles. The van der Waals surface area contributed by atoms with Crippen LogP contribution in [0.2, 0.25) is 0 Å². The Morgan fingerprint density at radius 2 is 1.03 bits per heavy atom. The number of Topliss-reactive ketones (excluding diaryl/α,β-unsaturated/α-hetero) is 1. The van der Waals surface area contributed by atoms with Crippen molar-refractivity contribution in [1.29, 1.82) is 0 Å². The highest BCUT2D eigenvalue weighted by molar-refractivity contribution is 5.86. The summed E-state index contributed by atoms with van der Waals surface area (Å²) in [5.41, 5.74) is 0. The SMILES string of the molecule is CCCCCCCCCCCCC(CCCCCCCCCC)CC(=O)OCC(=O)[C@@H](O)[C@H](O)[C@H](O)CO. The molecule has 0 aromatic carbocycles. The fraction of sp³-hybridized carbons (Fsp3) is 0.935. The lowest BCUT2D eigenvalue weighted by atomic mass is 9.91. The van der Waals surface area contributed by atoms with Gasteiger partial charge >= 0.3 is 5.97 Å². The number of ketones is 1. The normalized spacial score (nSPS) is 14.7. The minimum atomic E-state index is -1.91. The van der Waals surface area contributed by atoms with Gasteiger partial charge in [0.15, 0.2) is 6.61 Å². The maximum absolute atomic E-state index is 12.5. The molecule has 0 aliphatic rings. The monoisotopic (exact) mass is 544 g/mol. The molecule has 7 heteroatoms. The van der Waals surface area contributed by atoms with Gasteiger partial charge in [-0.25, -0.2) is 0 Å². The van der Waals surface area contributed by atoms with E-state index in [1.165, 1.54) is 103 Å². The fourth-order valence-corrected chi connectivity index (χ4v) is 4.88. The number of esters is 1.